The third kappa shape index (κ3) is 3.69. The van der Waals surface area contributed by atoms with Gasteiger partial charge in [0.1, 0.15) is 17.8 Å². The minimum atomic E-state index is -0.643. The molecule has 0 radical (unpaired) electrons. The Morgan fingerprint density at radius 1 is 1.08 bits per heavy atom. The number of rotatable bonds is 5. The predicted octanol–water partition coefficient (Wildman–Crippen LogP) is 3.34. The molecule has 2 aliphatic rings. The van der Waals surface area contributed by atoms with E-state index in [0.717, 1.165) is 36.8 Å². The predicted molar refractivity (Wildman–Crippen MR) is 90.3 cm³/mol. The number of aryl methyl sites for hydroxylation is 1. The van der Waals surface area contributed by atoms with E-state index in [2.05, 4.69) is 0 Å². The fourth-order valence-electron chi connectivity index (χ4n) is 4.36. The van der Waals surface area contributed by atoms with E-state index >= 15 is 0 Å². The fraction of sp³-hybridized carbons (Fsp3) is 0.600. The van der Waals surface area contributed by atoms with E-state index < -0.39 is 5.60 Å². The third-order valence-corrected chi connectivity index (χ3v) is 5.61. The summed E-state index contributed by atoms with van der Waals surface area (Å²) in [6.07, 6.45) is 7.22. The number of hydrogen-bond acceptors (Lipinski definition) is 4. The van der Waals surface area contributed by atoms with Gasteiger partial charge in [0.2, 0.25) is 0 Å². The monoisotopic (exact) mass is 330 g/mol. The molecular weight excluding hydrogens is 304 g/mol. The Labute approximate surface area is 143 Å². The van der Waals surface area contributed by atoms with Crippen molar-refractivity contribution in [3.63, 3.8) is 0 Å². The molecule has 24 heavy (non-hydrogen) atoms. The highest BCUT2D eigenvalue weighted by Gasteiger charge is 2.47. The molecule has 1 N–H and O–H groups in total. The standard InChI is InChI=1S/C20H26O4/c21-14-16-7-5-4-6-15(16)10-11-20(17-8-2-1-3-9-17)13-18(22)12-19(23)24-20/h4-7,17,21H,1-3,8-14H2. The van der Waals surface area contributed by atoms with E-state index in [1.54, 1.807) is 0 Å². The van der Waals surface area contributed by atoms with Crippen LogP contribution < -0.4 is 0 Å². The van der Waals surface area contributed by atoms with E-state index in [1.807, 2.05) is 24.3 Å². The second-order valence-corrected chi connectivity index (χ2v) is 7.19. The summed E-state index contributed by atoms with van der Waals surface area (Å²) in [5, 5.41) is 9.51. The molecular formula is C20H26O4. The van der Waals surface area contributed by atoms with Crippen LogP contribution in [-0.4, -0.2) is 22.5 Å². The van der Waals surface area contributed by atoms with Gasteiger partial charge in [0.05, 0.1) is 6.61 Å². The lowest BCUT2D eigenvalue weighted by Crippen LogP contribution is -2.49. The highest BCUT2D eigenvalue weighted by Crippen LogP contribution is 2.43. The number of ether oxygens (including phenoxy) is 1. The van der Waals surface area contributed by atoms with Gasteiger partial charge < -0.3 is 9.84 Å². The van der Waals surface area contributed by atoms with Crippen LogP contribution in [0, 0.1) is 5.92 Å². The van der Waals surface area contributed by atoms with Crippen LogP contribution in [0.2, 0.25) is 0 Å². The number of carbonyl (C=O) groups is 2. The number of esters is 1. The molecule has 3 rings (SSSR count). The normalized spacial score (nSPS) is 25.5. The van der Waals surface area contributed by atoms with Crippen LogP contribution in [0.3, 0.4) is 0 Å². The topological polar surface area (TPSA) is 63.6 Å². The molecule has 1 aliphatic carbocycles. The molecule has 0 aromatic heterocycles. The molecule has 1 saturated carbocycles. The highest BCUT2D eigenvalue weighted by molar-refractivity contribution is 5.98. The van der Waals surface area contributed by atoms with Crippen molar-refractivity contribution in [2.75, 3.05) is 0 Å². The largest absolute Gasteiger partial charge is 0.458 e. The van der Waals surface area contributed by atoms with Gasteiger partial charge in [0.15, 0.2) is 0 Å². The summed E-state index contributed by atoms with van der Waals surface area (Å²) in [6, 6.07) is 7.79. The van der Waals surface area contributed by atoms with Gasteiger partial charge in [-0.25, -0.2) is 0 Å². The van der Waals surface area contributed by atoms with E-state index in [1.165, 1.54) is 6.42 Å². The van der Waals surface area contributed by atoms with E-state index in [-0.39, 0.29) is 30.7 Å². The Bertz CT molecular complexity index is 585. The van der Waals surface area contributed by atoms with Crippen molar-refractivity contribution in [3.8, 4) is 0 Å². The number of benzene rings is 1. The van der Waals surface area contributed by atoms with Crippen molar-refractivity contribution < 1.29 is 19.4 Å². The van der Waals surface area contributed by atoms with Crippen LogP contribution in [-0.2, 0) is 27.4 Å². The molecule has 1 saturated heterocycles. The fourth-order valence-corrected chi connectivity index (χ4v) is 4.36. The van der Waals surface area contributed by atoms with E-state index in [0.29, 0.717) is 19.3 Å². The minimum absolute atomic E-state index is 0.00528. The van der Waals surface area contributed by atoms with Crippen molar-refractivity contribution in [3.05, 3.63) is 35.4 Å². The van der Waals surface area contributed by atoms with Crippen molar-refractivity contribution >= 4 is 11.8 Å². The summed E-state index contributed by atoms with van der Waals surface area (Å²) in [6.45, 7) is 0.00528. The maximum atomic E-state index is 12.1. The number of ketones is 1. The number of cyclic esters (lactones) is 1. The van der Waals surface area contributed by atoms with Gasteiger partial charge in [-0.1, -0.05) is 43.5 Å². The first-order chi connectivity index (χ1) is 11.6. The van der Waals surface area contributed by atoms with Gasteiger partial charge in [-0.2, -0.15) is 0 Å². The average Bonchev–Trinajstić information content (AvgIpc) is 2.60. The highest BCUT2D eigenvalue weighted by atomic mass is 16.6. The Morgan fingerprint density at radius 3 is 2.46 bits per heavy atom. The molecule has 0 spiro atoms. The van der Waals surface area contributed by atoms with Gasteiger partial charge in [0, 0.05) is 6.42 Å². The lowest BCUT2D eigenvalue weighted by Gasteiger charge is -2.44. The molecule has 2 fully saturated rings. The van der Waals surface area contributed by atoms with Gasteiger partial charge in [-0.3, -0.25) is 9.59 Å². The Kier molecular flexibility index (Phi) is 5.34. The number of aliphatic hydroxyl groups excluding tert-OH is 1. The van der Waals surface area contributed by atoms with Crippen LogP contribution in [0.25, 0.3) is 0 Å². The molecule has 1 atom stereocenters. The van der Waals surface area contributed by atoms with E-state index in [9.17, 15) is 14.7 Å². The zero-order valence-electron chi connectivity index (χ0n) is 14.1. The first kappa shape index (κ1) is 17.2. The quantitative estimate of drug-likeness (QED) is 0.664. The van der Waals surface area contributed by atoms with Crippen LogP contribution in [0.1, 0.15) is 62.5 Å². The molecule has 1 aromatic rings. The van der Waals surface area contributed by atoms with Crippen LogP contribution in [0.15, 0.2) is 24.3 Å². The second-order valence-electron chi connectivity index (χ2n) is 7.19. The summed E-state index contributed by atoms with van der Waals surface area (Å²) >= 11 is 0. The summed E-state index contributed by atoms with van der Waals surface area (Å²) in [5.74, 6) is -0.0831. The Morgan fingerprint density at radius 2 is 1.79 bits per heavy atom. The van der Waals surface area contributed by atoms with Gasteiger partial charge in [0.25, 0.3) is 0 Å². The van der Waals surface area contributed by atoms with Crippen molar-refractivity contribution in [1.82, 2.24) is 0 Å². The summed E-state index contributed by atoms with van der Waals surface area (Å²) in [7, 11) is 0. The van der Waals surface area contributed by atoms with Crippen LogP contribution in [0.5, 0.6) is 0 Å². The first-order valence-electron chi connectivity index (χ1n) is 9.04. The first-order valence-corrected chi connectivity index (χ1v) is 9.04. The number of Topliss-reactive ketones (excluding diaryl/α,β-unsaturated/α-hetero) is 1. The van der Waals surface area contributed by atoms with Crippen molar-refractivity contribution in [2.45, 2.75) is 70.0 Å². The maximum absolute atomic E-state index is 12.1. The summed E-state index contributed by atoms with van der Waals surface area (Å²) in [5.41, 5.74) is 1.34. The lowest BCUT2D eigenvalue weighted by molar-refractivity contribution is -0.180. The van der Waals surface area contributed by atoms with Crippen LogP contribution >= 0.6 is 0 Å². The minimum Gasteiger partial charge on any atom is -0.458 e. The SMILES string of the molecule is O=C1CC(=O)OC(CCc2ccccc2CO)(C2CCCCC2)C1. The molecule has 1 aliphatic heterocycles. The zero-order chi connectivity index (χ0) is 17.0. The van der Waals surface area contributed by atoms with E-state index in [4.69, 9.17) is 4.74 Å². The molecule has 0 bridgehead atoms. The smallest absolute Gasteiger partial charge is 0.313 e. The molecule has 4 nitrogen and oxygen atoms in total. The van der Waals surface area contributed by atoms with Gasteiger partial charge in [-0.05, 0) is 42.7 Å². The Hall–Kier alpha value is -1.68. The van der Waals surface area contributed by atoms with Crippen LogP contribution in [0.4, 0.5) is 0 Å². The molecule has 1 heterocycles. The molecule has 1 aromatic carbocycles. The molecule has 0 amide bonds. The second kappa shape index (κ2) is 7.47. The Balaban J connectivity index is 1.81. The summed E-state index contributed by atoms with van der Waals surface area (Å²) < 4.78 is 5.86. The summed E-state index contributed by atoms with van der Waals surface area (Å²) in [4.78, 5) is 24.1. The van der Waals surface area contributed by atoms with Crippen molar-refractivity contribution in [1.29, 1.82) is 0 Å². The van der Waals surface area contributed by atoms with Crippen molar-refractivity contribution in [2.24, 2.45) is 5.92 Å². The molecule has 130 valence electrons. The average molecular weight is 330 g/mol. The zero-order valence-corrected chi connectivity index (χ0v) is 14.1. The third-order valence-electron chi connectivity index (χ3n) is 5.61. The molecule has 4 heteroatoms. The number of hydrogen-bond donors (Lipinski definition) is 1. The van der Waals surface area contributed by atoms with Gasteiger partial charge >= 0.3 is 5.97 Å². The number of carbonyl (C=O) groups excluding carboxylic acids is 2. The lowest BCUT2D eigenvalue weighted by atomic mass is 9.70. The number of aliphatic hydroxyl groups is 1. The van der Waals surface area contributed by atoms with Gasteiger partial charge in [-0.15, -0.1) is 0 Å². The maximum Gasteiger partial charge on any atom is 0.313 e. The molecule has 1 unspecified atom stereocenters.